The molecular weight excluding hydrogens is 148 g/mol. The molecule has 0 bridgehead atoms. The molecule has 0 saturated heterocycles. The molecule has 12 heavy (non-hydrogen) atoms. The molecular formula is C10H20N2. The minimum absolute atomic E-state index is 0.177. The lowest BCUT2D eigenvalue weighted by atomic mass is 9.88. The summed E-state index contributed by atoms with van der Waals surface area (Å²) in [6, 6.07) is 0. The van der Waals surface area contributed by atoms with Gasteiger partial charge in [-0.3, -0.25) is 4.99 Å². The van der Waals surface area contributed by atoms with E-state index in [0.717, 1.165) is 18.9 Å². The molecule has 2 nitrogen and oxygen atoms in total. The second kappa shape index (κ2) is 2.75. The van der Waals surface area contributed by atoms with E-state index in [4.69, 9.17) is 0 Å². The Morgan fingerprint density at radius 1 is 1.33 bits per heavy atom. The van der Waals surface area contributed by atoms with E-state index in [2.05, 4.69) is 44.9 Å². The van der Waals surface area contributed by atoms with Gasteiger partial charge in [0, 0.05) is 23.9 Å². The Bertz CT molecular complexity index is 196. The van der Waals surface area contributed by atoms with E-state index in [1.165, 1.54) is 0 Å². The average molecular weight is 168 g/mol. The summed E-state index contributed by atoms with van der Waals surface area (Å²) in [5.74, 6) is 1.15. The van der Waals surface area contributed by atoms with Crippen LogP contribution in [0.4, 0.5) is 0 Å². The minimum Gasteiger partial charge on any atom is -0.373 e. The molecule has 0 aromatic carbocycles. The van der Waals surface area contributed by atoms with Crippen molar-refractivity contribution in [2.24, 2.45) is 15.8 Å². The summed E-state index contributed by atoms with van der Waals surface area (Å²) in [4.78, 5) is 4.56. The highest BCUT2D eigenvalue weighted by molar-refractivity contribution is 5.87. The van der Waals surface area contributed by atoms with E-state index in [1.54, 1.807) is 0 Å². The Morgan fingerprint density at radius 2 is 1.92 bits per heavy atom. The number of nitrogens with zero attached hydrogens (tertiary/aromatic N) is 1. The van der Waals surface area contributed by atoms with Crippen molar-refractivity contribution >= 4 is 5.84 Å². The lowest BCUT2D eigenvalue weighted by Crippen LogP contribution is -2.46. The van der Waals surface area contributed by atoms with Crippen LogP contribution in [0, 0.1) is 10.8 Å². The smallest absolute Gasteiger partial charge is 0.102 e. The zero-order valence-corrected chi connectivity index (χ0v) is 8.86. The van der Waals surface area contributed by atoms with Crippen LogP contribution in [-0.4, -0.2) is 18.9 Å². The van der Waals surface area contributed by atoms with Gasteiger partial charge in [0.2, 0.25) is 0 Å². The maximum atomic E-state index is 4.56. The molecule has 1 aliphatic rings. The second-order valence-corrected chi connectivity index (χ2v) is 5.43. The fraction of sp³-hybridized carbons (Fsp3) is 0.900. The largest absolute Gasteiger partial charge is 0.373 e. The first-order valence-corrected chi connectivity index (χ1v) is 4.60. The number of hydrogen-bond acceptors (Lipinski definition) is 2. The number of hydrogen-bond donors (Lipinski definition) is 1. The second-order valence-electron chi connectivity index (χ2n) is 5.43. The van der Waals surface area contributed by atoms with Gasteiger partial charge in [-0.05, 0) is 0 Å². The molecule has 0 aliphatic carbocycles. The van der Waals surface area contributed by atoms with E-state index in [0.29, 0.717) is 5.41 Å². The van der Waals surface area contributed by atoms with Crippen molar-refractivity contribution in [2.75, 3.05) is 13.1 Å². The van der Waals surface area contributed by atoms with E-state index in [9.17, 15) is 0 Å². The highest BCUT2D eigenvalue weighted by Crippen LogP contribution is 2.22. The van der Waals surface area contributed by atoms with Crippen molar-refractivity contribution in [3.63, 3.8) is 0 Å². The lowest BCUT2D eigenvalue weighted by Gasteiger charge is -2.34. The van der Waals surface area contributed by atoms with Crippen LogP contribution < -0.4 is 5.32 Å². The van der Waals surface area contributed by atoms with Gasteiger partial charge in [-0.15, -0.1) is 0 Å². The molecule has 0 atom stereocenters. The first kappa shape index (κ1) is 9.56. The van der Waals surface area contributed by atoms with Gasteiger partial charge in [0.25, 0.3) is 0 Å². The van der Waals surface area contributed by atoms with Crippen molar-refractivity contribution < 1.29 is 0 Å². The van der Waals surface area contributed by atoms with Crippen LogP contribution >= 0.6 is 0 Å². The van der Waals surface area contributed by atoms with Gasteiger partial charge in [0.15, 0.2) is 0 Å². The average Bonchev–Trinajstić information content (AvgIpc) is 1.83. The van der Waals surface area contributed by atoms with Gasteiger partial charge in [-0.2, -0.15) is 0 Å². The van der Waals surface area contributed by atoms with E-state index < -0.39 is 0 Å². The standard InChI is InChI=1S/C10H20N2/c1-9(2,3)8-11-6-10(4,5)7-12-8/h6-7H2,1-5H3,(H,11,12). The fourth-order valence-electron chi connectivity index (χ4n) is 1.23. The zero-order chi connectivity index (χ0) is 9.41. The molecule has 70 valence electrons. The van der Waals surface area contributed by atoms with Crippen LogP contribution in [-0.2, 0) is 0 Å². The van der Waals surface area contributed by atoms with Crippen molar-refractivity contribution in [3.8, 4) is 0 Å². The van der Waals surface area contributed by atoms with Crippen molar-refractivity contribution in [3.05, 3.63) is 0 Å². The minimum atomic E-state index is 0.177. The van der Waals surface area contributed by atoms with Crippen molar-refractivity contribution in [2.45, 2.75) is 34.6 Å². The number of amidine groups is 1. The molecule has 1 rings (SSSR count). The van der Waals surface area contributed by atoms with Crippen LogP contribution in [0.3, 0.4) is 0 Å². The Balaban J connectivity index is 2.69. The summed E-state index contributed by atoms with van der Waals surface area (Å²) in [5, 5.41) is 3.40. The first-order chi connectivity index (χ1) is 5.31. The predicted molar refractivity (Wildman–Crippen MR) is 53.5 cm³/mol. The maximum Gasteiger partial charge on any atom is 0.102 e. The van der Waals surface area contributed by atoms with Crippen molar-refractivity contribution in [1.82, 2.24) is 5.32 Å². The summed E-state index contributed by atoms with van der Waals surface area (Å²) in [6.45, 7) is 13.0. The molecule has 0 radical (unpaired) electrons. The van der Waals surface area contributed by atoms with Crippen LogP contribution in [0.1, 0.15) is 34.6 Å². The Labute approximate surface area is 75.5 Å². The van der Waals surface area contributed by atoms with E-state index in [-0.39, 0.29) is 5.41 Å². The van der Waals surface area contributed by atoms with E-state index in [1.807, 2.05) is 0 Å². The van der Waals surface area contributed by atoms with Gasteiger partial charge >= 0.3 is 0 Å². The molecule has 0 unspecified atom stereocenters. The Morgan fingerprint density at radius 3 is 2.25 bits per heavy atom. The quantitative estimate of drug-likeness (QED) is 0.588. The third-order valence-electron chi connectivity index (χ3n) is 2.11. The van der Waals surface area contributed by atoms with Gasteiger partial charge in [-0.25, -0.2) is 0 Å². The molecule has 0 saturated carbocycles. The first-order valence-electron chi connectivity index (χ1n) is 4.60. The topological polar surface area (TPSA) is 24.4 Å². The summed E-state index contributed by atoms with van der Waals surface area (Å²) < 4.78 is 0. The molecule has 1 N–H and O–H groups in total. The number of aliphatic imine (C=N–C) groups is 1. The molecule has 0 aromatic heterocycles. The Kier molecular flexibility index (Phi) is 2.19. The third-order valence-corrected chi connectivity index (χ3v) is 2.11. The lowest BCUT2D eigenvalue weighted by molar-refractivity contribution is 0.349. The Hall–Kier alpha value is -0.530. The molecule has 0 fully saturated rings. The third kappa shape index (κ3) is 2.23. The molecule has 1 aliphatic heterocycles. The number of nitrogens with one attached hydrogen (secondary N) is 1. The van der Waals surface area contributed by atoms with Gasteiger partial charge in [0.1, 0.15) is 5.84 Å². The highest BCUT2D eigenvalue weighted by Gasteiger charge is 2.27. The van der Waals surface area contributed by atoms with Crippen LogP contribution in [0.15, 0.2) is 4.99 Å². The van der Waals surface area contributed by atoms with Crippen LogP contribution in [0.2, 0.25) is 0 Å². The predicted octanol–water partition coefficient (Wildman–Crippen LogP) is 2.06. The zero-order valence-electron chi connectivity index (χ0n) is 8.86. The van der Waals surface area contributed by atoms with Gasteiger partial charge in [-0.1, -0.05) is 34.6 Å². The fourth-order valence-corrected chi connectivity index (χ4v) is 1.23. The maximum absolute atomic E-state index is 4.56. The molecule has 0 spiro atoms. The molecule has 1 heterocycles. The van der Waals surface area contributed by atoms with Crippen LogP contribution in [0.25, 0.3) is 0 Å². The number of rotatable bonds is 0. The van der Waals surface area contributed by atoms with Crippen LogP contribution in [0.5, 0.6) is 0 Å². The van der Waals surface area contributed by atoms with Crippen molar-refractivity contribution in [1.29, 1.82) is 0 Å². The summed E-state index contributed by atoms with van der Waals surface area (Å²) in [5.41, 5.74) is 0.505. The summed E-state index contributed by atoms with van der Waals surface area (Å²) in [6.07, 6.45) is 0. The summed E-state index contributed by atoms with van der Waals surface area (Å²) >= 11 is 0. The normalized spacial score (nSPS) is 22.9. The highest BCUT2D eigenvalue weighted by atomic mass is 15.1. The molecule has 0 amide bonds. The SMILES string of the molecule is CC1(C)CN=C(C(C)(C)C)NC1. The summed E-state index contributed by atoms with van der Waals surface area (Å²) in [7, 11) is 0. The van der Waals surface area contributed by atoms with E-state index >= 15 is 0 Å². The van der Waals surface area contributed by atoms with Gasteiger partial charge in [0.05, 0.1) is 0 Å². The monoisotopic (exact) mass is 168 g/mol. The molecule has 0 aromatic rings. The van der Waals surface area contributed by atoms with Gasteiger partial charge < -0.3 is 5.32 Å². The molecule has 2 heteroatoms.